The Hall–Kier alpha value is -2.08. The van der Waals surface area contributed by atoms with Crippen molar-refractivity contribution in [2.75, 3.05) is 5.73 Å². The second kappa shape index (κ2) is 4.24. The highest BCUT2D eigenvalue weighted by atomic mass is 19.1. The molecule has 0 aromatic heterocycles. The van der Waals surface area contributed by atoms with Crippen LogP contribution < -0.4 is 5.73 Å². The predicted molar refractivity (Wildman–Crippen MR) is 74.9 cm³/mol. The van der Waals surface area contributed by atoms with Crippen molar-refractivity contribution in [1.82, 2.24) is 0 Å². The summed E-state index contributed by atoms with van der Waals surface area (Å²) in [5, 5.41) is 1.08. The van der Waals surface area contributed by atoms with Crippen LogP contribution in [-0.4, -0.2) is 0 Å². The molecule has 0 aliphatic heterocycles. The number of benzene rings is 2. The Morgan fingerprint density at radius 3 is 2.37 bits per heavy atom. The molecule has 19 heavy (non-hydrogen) atoms. The van der Waals surface area contributed by atoms with Gasteiger partial charge in [0.05, 0.1) is 11.3 Å². The summed E-state index contributed by atoms with van der Waals surface area (Å²) in [5.74, 6) is 1.27. The lowest BCUT2D eigenvalue weighted by Gasteiger charge is -2.24. The van der Waals surface area contributed by atoms with Crippen LogP contribution in [0.2, 0.25) is 0 Å². The first-order chi connectivity index (χ1) is 8.77. The summed E-state index contributed by atoms with van der Waals surface area (Å²) in [7, 11) is 0. The molecular formula is C16H15F2N. The number of terminal acetylenes is 1. The van der Waals surface area contributed by atoms with Gasteiger partial charge >= 0.3 is 0 Å². The van der Waals surface area contributed by atoms with Crippen molar-refractivity contribution in [1.29, 1.82) is 0 Å². The van der Waals surface area contributed by atoms with Crippen molar-refractivity contribution in [3.05, 3.63) is 41.0 Å². The molecule has 2 N–H and O–H groups in total. The van der Waals surface area contributed by atoms with E-state index in [9.17, 15) is 8.78 Å². The van der Waals surface area contributed by atoms with Crippen LogP contribution in [0.25, 0.3) is 10.8 Å². The van der Waals surface area contributed by atoms with Gasteiger partial charge in [-0.15, -0.1) is 6.42 Å². The molecule has 0 fully saturated rings. The molecule has 0 saturated carbocycles. The average Bonchev–Trinajstić information content (AvgIpc) is 2.30. The fourth-order valence-corrected chi connectivity index (χ4v) is 2.31. The smallest absolute Gasteiger partial charge is 0.150 e. The van der Waals surface area contributed by atoms with E-state index in [0.717, 1.165) is 0 Å². The van der Waals surface area contributed by atoms with E-state index in [1.807, 2.05) is 20.8 Å². The topological polar surface area (TPSA) is 26.0 Å². The molecule has 98 valence electrons. The highest BCUT2D eigenvalue weighted by Gasteiger charge is 2.25. The van der Waals surface area contributed by atoms with E-state index in [-0.39, 0.29) is 11.3 Å². The molecule has 0 spiro atoms. The maximum atomic E-state index is 14.4. The fourth-order valence-electron chi connectivity index (χ4n) is 2.31. The lowest BCUT2D eigenvalue weighted by atomic mass is 9.81. The summed E-state index contributed by atoms with van der Waals surface area (Å²) in [6, 6.07) is 4.33. The van der Waals surface area contributed by atoms with Gasteiger partial charge in [-0.25, -0.2) is 8.78 Å². The van der Waals surface area contributed by atoms with Gasteiger partial charge in [-0.3, -0.25) is 0 Å². The minimum atomic E-state index is -0.531. The van der Waals surface area contributed by atoms with Gasteiger partial charge in [-0.2, -0.15) is 0 Å². The Morgan fingerprint density at radius 2 is 1.84 bits per heavy atom. The summed E-state index contributed by atoms with van der Waals surface area (Å²) in [4.78, 5) is 0. The summed E-state index contributed by atoms with van der Waals surface area (Å²) >= 11 is 0. The van der Waals surface area contributed by atoms with Crippen LogP contribution in [0.1, 0.15) is 31.9 Å². The van der Waals surface area contributed by atoms with E-state index in [2.05, 4.69) is 5.92 Å². The van der Waals surface area contributed by atoms with Gasteiger partial charge in [0.15, 0.2) is 0 Å². The third-order valence-electron chi connectivity index (χ3n) is 3.12. The van der Waals surface area contributed by atoms with Gasteiger partial charge in [-0.05, 0) is 22.9 Å². The normalized spacial score (nSPS) is 11.6. The Labute approximate surface area is 111 Å². The summed E-state index contributed by atoms with van der Waals surface area (Å²) in [5.41, 5.74) is 5.65. The average molecular weight is 259 g/mol. The number of hydrogen-bond donors (Lipinski definition) is 1. The summed E-state index contributed by atoms with van der Waals surface area (Å²) in [6.45, 7) is 5.53. The summed E-state index contributed by atoms with van der Waals surface area (Å²) in [6.07, 6.45) is 5.37. The van der Waals surface area contributed by atoms with E-state index in [4.69, 9.17) is 12.2 Å². The molecule has 0 unspecified atom stereocenters. The van der Waals surface area contributed by atoms with Crippen LogP contribution in [0.3, 0.4) is 0 Å². The Morgan fingerprint density at radius 1 is 1.21 bits per heavy atom. The molecule has 2 aromatic carbocycles. The Balaban J connectivity index is 3.11. The van der Waals surface area contributed by atoms with Crippen LogP contribution in [-0.2, 0) is 5.41 Å². The molecule has 3 heteroatoms. The van der Waals surface area contributed by atoms with E-state index in [1.165, 1.54) is 12.1 Å². The molecule has 0 bridgehead atoms. The standard InChI is InChI=1S/C16H15F2N/c1-5-10-11(17)7-6-9-8-12(19)15(18)14(13(9)10)16(2,3)4/h1,6-8H,19H2,2-4H3. The van der Waals surface area contributed by atoms with Crippen molar-refractivity contribution >= 4 is 16.5 Å². The number of hydrogen-bond acceptors (Lipinski definition) is 1. The van der Waals surface area contributed by atoms with Gasteiger partial charge in [0.1, 0.15) is 11.6 Å². The molecule has 0 saturated heterocycles. The van der Waals surface area contributed by atoms with Crippen molar-refractivity contribution in [3.63, 3.8) is 0 Å². The highest BCUT2D eigenvalue weighted by Crippen LogP contribution is 2.37. The van der Waals surface area contributed by atoms with E-state index >= 15 is 0 Å². The maximum Gasteiger partial charge on any atom is 0.150 e. The largest absolute Gasteiger partial charge is 0.396 e. The molecule has 0 radical (unpaired) electrons. The minimum Gasteiger partial charge on any atom is -0.396 e. The second-order valence-corrected chi connectivity index (χ2v) is 5.57. The van der Waals surface area contributed by atoms with E-state index in [0.29, 0.717) is 16.3 Å². The predicted octanol–water partition coefficient (Wildman–Crippen LogP) is 3.98. The summed E-state index contributed by atoms with van der Waals surface area (Å²) < 4.78 is 28.2. The van der Waals surface area contributed by atoms with E-state index in [1.54, 1.807) is 6.07 Å². The number of fused-ring (bicyclic) bond motifs is 1. The van der Waals surface area contributed by atoms with Crippen molar-refractivity contribution in [2.45, 2.75) is 26.2 Å². The number of rotatable bonds is 0. The molecule has 2 aromatic rings. The van der Waals surface area contributed by atoms with Gasteiger partial charge in [0, 0.05) is 10.9 Å². The van der Waals surface area contributed by atoms with E-state index < -0.39 is 17.0 Å². The van der Waals surface area contributed by atoms with Crippen molar-refractivity contribution in [2.24, 2.45) is 0 Å². The first-order valence-electron chi connectivity index (χ1n) is 5.94. The van der Waals surface area contributed by atoms with Crippen LogP contribution in [0, 0.1) is 24.0 Å². The minimum absolute atomic E-state index is 0.0482. The Kier molecular flexibility index (Phi) is 2.98. The zero-order valence-corrected chi connectivity index (χ0v) is 11.1. The maximum absolute atomic E-state index is 14.4. The third-order valence-corrected chi connectivity index (χ3v) is 3.12. The molecule has 0 aliphatic rings. The first-order valence-corrected chi connectivity index (χ1v) is 5.94. The van der Waals surface area contributed by atoms with Crippen molar-refractivity contribution in [3.8, 4) is 12.3 Å². The number of halogens is 2. The van der Waals surface area contributed by atoms with Gasteiger partial charge in [0.2, 0.25) is 0 Å². The third kappa shape index (κ3) is 2.04. The lowest BCUT2D eigenvalue weighted by Crippen LogP contribution is -2.16. The zero-order valence-electron chi connectivity index (χ0n) is 11.1. The highest BCUT2D eigenvalue weighted by molar-refractivity contribution is 5.94. The molecule has 2 rings (SSSR count). The van der Waals surface area contributed by atoms with Gasteiger partial charge in [0.25, 0.3) is 0 Å². The quantitative estimate of drug-likeness (QED) is 0.562. The second-order valence-electron chi connectivity index (χ2n) is 5.57. The fraction of sp³-hybridized carbons (Fsp3) is 0.250. The molecule has 0 heterocycles. The zero-order chi connectivity index (χ0) is 14.4. The number of nitrogen functional groups attached to an aromatic ring is 1. The van der Waals surface area contributed by atoms with Crippen molar-refractivity contribution < 1.29 is 8.78 Å². The lowest BCUT2D eigenvalue weighted by molar-refractivity contribution is 0.530. The Bertz CT molecular complexity index is 703. The van der Waals surface area contributed by atoms with Gasteiger partial charge < -0.3 is 5.73 Å². The SMILES string of the molecule is C#Cc1c(F)ccc2cc(N)c(F)c(C(C)(C)C)c12. The van der Waals surface area contributed by atoms with Crippen LogP contribution >= 0.6 is 0 Å². The number of anilines is 1. The molecule has 0 amide bonds. The molecule has 1 nitrogen and oxygen atoms in total. The van der Waals surface area contributed by atoms with Crippen LogP contribution in [0.15, 0.2) is 18.2 Å². The number of nitrogens with two attached hydrogens (primary N) is 1. The van der Waals surface area contributed by atoms with Crippen LogP contribution in [0.4, 0.5) is 14.5 Å². The molecule has 0 atom stereocenters. The first kappa shape index (κ1) is 13.4. The monoisotopic (exact) mass is 259 g/mol. The molecule has 0 aliphatic carbocycles. The van der Waals surface area contributed by atoms with Gasteiger partial charge in [-0.1, -0.05) is 32.8 Å². The molecular weight excluding hydrogens is 244 g/mol. The van der Waals surface area contributed by atoms with Crippen LogP contribution in [0.5, 0.6) is 0 Å².